The van der Waals surface area contributed by atoms with Gasteiger partial charge >= 0.3 is 0 Å². The number of benzene rings is 2. The summed E-state index contributed by atoms with van der Waals surface area (Å²) in [5, 5.41) is 0.450. The molecule has 6 nitrogen and oxygen atoms in total. The van der Waals surface area contributed by atoms with E-state index in [2.05, 4.69) is 4.99 Å². The zero-order valence-electron chi connectivity index (χ0n) is 15.3. The van der Waals surface area contributed by atoms with E-state index in [0.29, 0.717) is 10.9 Å². The molecule has 0 N–H and O–H groups in total. The topological polar surface area (TPSA) is 76.0 Å². The quantitative estimate of drug-likeness (QED) is 0.762. The number of thioether (sulfide) groups is 1. The number of rotatable bonds is 4. The number of amidine groups is 1. The third kappa shape index (κ3) is 3.93. The van der Waals surface area contributed by atoms with Crippen LogP contribution in [0.15, 0.2) is 59.6 Å². The molecule has 2 aliphatic heterocycles. The number of anilines is 1. The lowest BCUT2D eigenvalue weighted by atomic mass is 10.1. The van der Waals surface area contributed by atoms with Gasteiger partial charge < -0.3 is 9.64 Å². The number of hydrogen-bond donors (Lipinski definition) is 0. The van der Waals surface area contributed by atoms with Gasteiger partial charge in [0.15, 0.2) is 15.0 Å². The molecule has 8 heteroatoms. The van der Waals surface area contributed by atoms with Crippen molar-refractivity contribution in [2.45, 2.75) is 17.7 Å². The van der Waals surface area contributed by atoms with Gasteiger partial charge in [0.1, 0.15) is 5.75 Å². The molecule has 2 heterocycles. The minimum absolute atomic E-state index is 0.0720. The first-order chi connectivity index (χ1) is 13.4. The van der Waals surface area contributed by atoms with E-state index in [-0.39, 0.29) is 35.1 Å². The summed E-state index contributed by atoms with van der Waals surface area (Å²) < 4.78 is 29.5. The van der Waals surface area contributed by atoms with Crippen molar-refractivity contribution in [3.05, 3.63) is 60.2 Å². The number of amides is 1. The number of aliphatic imine (C=N–C) groups is 1. The SMILES string of the molecule is COc1ccc(N2C(=NC(=O)Cc3ccccc3)S[C@@H]3CS(=O)(=O)C[C@@H]32)cc1. The van der Waals surface area contributed by atoms with Crippen molar-refractivity contribution < 1.29 is 17.9 Å². The van der Waals surface area contributed by atoms with Gasteiger partial charge in [-0.2, -0.15) is 4.99 Å². The van der Waals surface area contributed by atoms with Crippen LogP contribution in [0.25, 0.3) is 0 Å². The summed E-state index contributed by atoms with van der Waals surface area (Å²) in [6, 6.07) is 16.6. The smallest absolute Gasteiger partial charge is 0.252 e. The predicted octanol–water partition coefficient (Wildman–Crippen LogP) is 2.54. The minimum atomic E-state index is -3.09. The molecular formula is C20H20N2O4S2. The number of carbonyl (C=O) groups excluding carboxylic acids is 1. The first kappa shape index (κ1) is 19.0. The summed E-state index contributed by atoms with van der Waals surface area (Å²) in [6.45, 7) is 0. The highest BCUT2D eigenvalue weighted by Crippen LogP contribution is 2.41. The Labute approximate surface area is 168 Å². The second kappa shape index (κ2) is 7.60. The van der Waals surface area contributed by atoms with Gasteiger partial charge in [-0.1, -0.05) is 42.1 Å². The van der Waals surface area contributed by atoms with Gasteiger partial charge in [-0.3, -0.25) is 4.79 Å². The molecule has 2 fully saturated rings. The first-order valence-corrected chi connectivity index (χ1v) is 11.6. The lowest BCUT2D eigenvalue weighted by Crippen LogP contribution is -2.37. The molecule has 1 amide bonds. The van der Waals surface area contributed by atoms with Crippen LogP contribution in [0.3, 0.4) is 0 Å². The largest absolute Gasteiger partial charge is 0.497 e. The van der Waals surface area contributed by atoms with Crippen LogP contribution >= 0.6 is 11.8 Å². The van der Waals surface area contributed by atoms with E-state index >= 15 is 0 Å². The van der Waals surface area contributed by atoms with Gasteiger partial charge in [-0.15, -0.1) is 0 Å². The van der Waals surface area contributed by atoms with Crippen LogP contribution in [-0.4, -0.2) is 49.4 Å². The fourth-order valence-corrected chi connectivity index (χ4v) is 7.46. The molecule has 2 aliphatic rings. The molecule has 0 radical (unpaired) electrons. The third-order valence-corrected chi connectivity index (χ3v) is 8.05. The van der Waals surface area contributed by atoms with E-state index in [1.807, 2.05) is 59.5 Å². The van der Waals surface area contributed by atoms with E-state index in [1.165, 1.54) is 11.8 Å². The van der Waals surface area contributed by atoms with Crippen LogP contribution in [0, 0.1) is 0 Å². The van der Waals surface area contributed by atoms with E-state index in [1.54, 1.807) is 7.11 Å². The van der Waals surface area contributed by atoms with Gasteiger partial charge in [-0.25, -0.2) is 8.42 Å². The van der Waals surface area contributed by atoms with Crippen LogP contribution in [0.1, 0.15) is 5.56 Å². The van der Waals surface area contributed by atoms with E-state index in [0.717, 1.165) is 11.3 Å². The molecule has 0 spiro atoms. The Morgan fingerprint density at radius 3 is 2.54 bits per heavy atom. The Morgan fingerprint density at radius 1 is 1.14 bits per heavy atom. The summed E-state index contributed by atoms with van der Waals surface area (Å²) in [7, 11) is -1.49. The number of carbonyl (C=O) groups is 1. The predicted molar refractivity (Wildman–Crippen MR) is 112 cm³/mol. The standard InChI is InChI=1S/C20H20N2O4S2/c1-26-16-9-7-15(8-10-16)22-17-12-28(24,25)13-18(17)27-20(22)21-19(23)11-14-5-3-2-4-6-14/h2-10,17-18H,11-13H2,1H3/t17-,18+/m0/s1. The molecule has 28 heavy (non-hydrogen) atoms. The molecule has 0 aromatic heterocycles. The Balaban J connectivity index is 1.64. The molecule has 0 bridgehead atoms. The monoisotopic (exact) mass is 416 g/mol. The second-order valence-corrected chi connectivity index (χ2v) is 10.2. The Hall–Kier alpha value is -2.32. The Bertz CT molecular complexity index is 1000. The number of hydrogen-bond acceptors (Lipinski definition) is 5. The highest BCUT2D eigenvalue weighted by Gasteiger charge is 2.49. The number of methoxy groups -OCH3 is 1. The molecule has 2 saturated heterocycles. The summed E-state index contributed by atoms with van der Waals surface area (Å²) in [6.07, 6.45) is 0.217. The molecule has 2 aromatic rings. The van der Waals surface area contributed by atoms with Crippen molar-refractivity contribution >= 4 is 38.4 Å². The van der Waals surface area contributed by atoms with Crippen LogP contribution < -0.4 is 9.64 Å². The van der Waals surface area contributed by atoms with Gasteiger partial charge in [-0.05, 0) is 29.8 Å². The van der Waals surface area contributed by atoms with E-state index in [4.69, 9.17) is 4.74 Å². The van der Waals surface area contributed by atoms with Crippen molar-refractivity contribution in [3.8, 4) is 5.75 Å². The normalized spacial score (nSPS) is 24.3. The fourth-order valence-electron chi connectivity index (χ4n) is 3.53. The fraction of sp³-hybridized carbons (Fsp3) is 0.300. The van der Waals surface area contributed by atoms with Crippen LogP contribution in [0.5, 0.6) is 5.75 Å². The number of ether oxygens (including phenoxy) is 1. The zero-order chi connectivity index (χ0) is 19.7. The van der Waals surface area contributed by atoms with Gasteiger partial charge in [0.05, 0.1) is 31.1 Å². The van der Waals surface area contributed by atoms with Gasteiger partial charge in [0, 0.05) is 10.9 Å². The minimum Gasteiger partial charge on any atom is -0.497 e. The third-order valence-electron chi connectivity index (χ3n) is 4.84. The molecule has 2 aromatic carbocycles. The maximum absolute atomic E-state index is 12.5. The van der Waals surface area contributed by atoms with E-state index in [9.17, 15) is 13.2 Å². The Morgan fingerprint density at radius 2 is 1.86 bits per heavy atom. The molecule has 146 valence electrons. The summed E-state index contributed by atoms with van der Waals surface area (Å²) in [5.41, 5.74) is 1.71. The second-order valence-electron chi connectivity index (χ2n) is 6.82. The summed E-state index contributed by atoms with van der Waals surface area (Å²) >= 11 is 1.38. The Kier molecular flexibility index (Phi) is 5.16. The van der Waals surface area contributed by atoms with Crippen molar-refractivity contribution in [2.75, 3.05) is 23.5 Å². The highest BCUT2D eigenvalue weighted by atomic mass is 32.2. The van der Waals surface area contributed by atoms with Gasteiger partial charge in [0.2, 0.25) is 0 Å². The molecule has 0 unspecified atom stereocenters. The summed E-state index contributed by atoms with van der Waals surface area (Å²) in [4.78, 5) is 18.8. The number of fused-ring (bicyclic) bond motifs is 1. The molecule has 2 atom stereocenters. The van der Waals surface area contributed by atoms with E-state index < -0.39 is 9.84 Å². The molecule has 0 saturated carbocycles. The van der Waals surface area contributed by atoms with Crippen LogP contribution in [-0.2, 0) is 21.1 Å². The first-order valence-electron chi connectivity index (χ1n) is 8.91. The average molecular weight is 417 g/mol. The molecule has 4 rings (SSSR count). The van der Waals surface area contributed by atoms with Crippen molar-refractivity contribution in [2.24, 2.45) is 4.99 Å². The maximum Gasteiger partial charge on any atom is 0.252 e. The number of sulfone groups is 1. The molecule has 0 aliphatic carbocycles. The van der Waals surface area contributed by atoms with Crippen molar-refractivity contribution in [1.29, 1.82) is 0 Å². The highest BCUT2D eigenvalue weighted by molar-refractivity contribution is 8.16. The number of nitrogens with zero attached hydrogens (tertiary/aromatic N) is 2. The van der Waals surface area contributed by atoms with Crippen molar-refractivity contribution in [1.82, 2.24) is 0 Å². The van der Waals surface area contributed by atoms with Crippen LogP contribution in [0.4, 0.5) is 5.69 Å². The zero-order valence-corrected chi connectivity index (χ0v) is 16.9. The average Bonchev–Trinajstić information content (AvgIpc) is 3.13. The lowest BCUT2D eigenvalue weighted by molar-refractivity contribution is -0.117. The van der Waals surface area contributed by atoms with Gasteiger partial charge in [0.25, 0.3) is 5.91 Å². The van der Waals surface area contributed by atoms with Crippen molar-refractivity contribution in [3.63, 3.8) is 0 Å². The summed E-state index contributed by atoms with van der Waals surface area (Å²) in [5.74, 6) is 0.656. The molecular weight excluding hydrogens is 396 g/mol. The van der Waals surface area contributed by atoms with Crippen LogP contribution in [0.2, 0.25) is 0 Å². The lowest BCUT2D eigenvalue weighted by Gasteiger charge is -2.24. The maximum atomic E-state index is 12.5.